The Morgan fingerprint density at radius 2 is 0.630 bits per heavy atom. The zero-order chi connectivity index (χ0) is 97.6. The lowest BCUT2D eigenvalue weighted by Crippen LogP contribution is -2.43. The minimum Gasteiger partial charge on any atom is -0.396 e. The van der Waals surface area contributed by atoms with E-state index < -0.39 is 263 Å². The summed E-state index contributed by atoms with van der Waals surface area (Å²) in [5.41, 5.74) is 17.8. The number of rotatable bonds is 9. The first kappa shape index (κ1) is 99.4. The molecule has 0 saturated carbocycles. The first-order valence-electron chi connectivity index (χ1n) is 41.1. The summed E-state index contributed by atoms with van der Waals surface area (Å²) in [5.74, 6) is -1.61. The summed E-state index contributed by atoms with van der Waals surface area (Å²) in [5, 5.41) is 39.1. The van der Waals surface area contributed by atoms with Gasteiger partial charge in [0.05, 0.1) is 134 Å². The van der Waals surface area contributed by atoms with Crippen molar-refractivity contribution in [3.8, 4) is 0 Å². The largest absolute Gasteiger partial charge is 0.396 e. The van der Waals surface area contributed by atoms with Gasteiger partial charge in [-0.05, 0) is 79.8 Å². The molecular weight excluding hydrogens is 2080 g/mol. The number of hydrogen-bond acceptors (Lipinski definition) is 45. The van der Waals surface area contributed by atoms with Crippen LogP contribution in [0, 0.1) is 38.5 Å². The molecule has 9 saturated heterocycles. The summed E-state index contributed by atoms with van der Waals surface area (Å²) >= 11 is 30.9. The molecule has 12 aromatic heterocycles. The van der Waals surface area contributed by atoms with Gasteiger partial charge < -0.3 is 132 Å². The first-order valence-corrected chi connectivity index (χ1v) is 57.0. The minimum atomic E-state index is -4.32. The lowest BCUT2D eigenvalue weighted by molar-refractivity contribution is -0.0510. The van der Waals surface area contributed by atoms with E-state index in [0.717, 1.165) is 0 Å². The number of thiol groups is 1. The average Bonchev–Trinajstić information content (AvgIpc) is 1.60. The van der Waals surface area contributed by atoms with E-state index in [9.17, 15) is 58.7 Å². The maximum absolute atomic E-state index is 16.2. The van der Waals surface area contributed by atoms with Gasteiger partial charge in [0, 0.05) is 17.8 Å². The molecule has 0 aliphatic carbocycles. The van der Waals surface area contributed by atoms with Crippen LogP contribution >= 0.6 is 52.4 Å². The molecule has 72 heteroatoms. The van der Waals surface area contributed by atoms with Gasteiger partial charge in [-0.25, -0.2) is 108 Å². The number of aliphatic hydroxyl groups excluding tert-OH is 3. The fraction of sp³-hybridized carbons (Fsp3) is 0.545. The molecule has 6 bridgehead atoms. The van der Waals surface area contributed by atoms with Crippen LogP contribution in [0.25, 0.3) is 67.0 Å². The average molecular weight is 2160 g/mol. The Morgan fingerprint density at radius 1 is 0.377 bits per heavy atom. The number of nitrogens with two attached hydrogens (primary N) is 3. The minimum absolute atomic E-state index is 0.00235. The zero-order valence-corrected chi connectivity index (χ0v) is 81.0. The van der Waals surface area contributed by atoms with Crippen LogP contribution in [-0.4, -0.2) is 308 Å². The Kier molecular flexibility index (Phi) is 27.8. The summed E-state index contributed by atoms with van der Waals surface area (Å²) in [4.78, 5) is 163. The number of nitrogens with zero attached hydrogens (tertiary/aromatic N) is 21. The molecule has 21 heterocycles. The van der Waals surface area contributed by atoms with Gasteiger partial charge in [-0.3, -0.25) is 50.8 Å². The molecule has 0 amide bonds. The first-order chi connectivity index (χ1) is 65.6. The molecule has 9 aliphatic heterocycles. The van der Waals surface area contributed by atoms with Gasteiger partial charge in [-0.15, -0.1) is 0 Å². The van der Waals surface area contributed by atoms with Gasteiger partial charge in [-0.2, -0.15) is 0 Å². The molecule has 138 heavy (non-hydrogen) atoms. The van der Waals surface area contributed by atoms with Crippen molar-refractivity contribution < 1.29 is 127 Å². The van der Waals surface area contributed by atoms with Crippen molar-refractivity contribution in [1.29, 1.82) is 0 Å². The van der Waals surface area contributed by atoms with Crippen molar-refractivity contribution in [2.75, 3.05) is 76.7 Å². The number of alkyl halides is 3. The predicted octanol–water partition coefficient (Wildman–Crippen LogP) is -0.933. The Labute approximate surface area is 799 Å². The second-order valence-electron chi connectivity index (χ2n) is 32.4. The van der Waals surface area contributed by atoms with E-state index >= 15 is 13.2 Å². The number of anilines is 3. The Bertz CT molecular complexity index is 6550. The van der Waals surface area contributed by atoms with Gasteiger partial charge in [0.25, 0.3) is 36.6 Å². The molecule has 0 radical (unpaired) electrons. The van der Waals surface area contributed by atoms with Crippen molar-refractivity contribution in [3.05, 3.63) is 105 Å². The van der Waals surface area contributed by atoms with E-state index in [0.29, 0.717) is 17.5 Å². The molecule has 30 atom stereocenters. The molecule has 0 spiro atoms. The number of fused-ring (bicyclic) bond motifs is 15. The summed E-state index contributed by atoms with van der Waals surface area (Å²) in [7, 11) is 0. The summed E-state index contributed by atoms with van der Waals surface area (Å²) in [6.07, 6.45) is -12.1. The molecule has 57 nitrogen and oxygen atoms in total. The maximum atomic E-state index is 16.2. The monoisotopic (exact) mass is 2160 g/mol. The lowest BCUT2D eigenvalue weighted by Gasteiger charge is -2.28. The smallest absolute Gasteiger partial charge is 0.386 e. The highest BCUT2D eigenvalue weighted by atomic mass is 32.7. The second-order valence-corrected chi connectivity index (χ2v) is 49.9. The Balaban J connectivity index is 0.000000132. The van der Waals surface area contributed by atoms with E-state index in [4.69, 9.17) is 145 Å². The molecule has 20 N–H and O–H groups in total. The van der Waals surface area contributed by atoms with E-state index in [1.165, 1.54) is 84.3 Å². The fourth-order valence-corrected chi connectivity index (χ4v) is 26.7. The third-order valence-corrected chi connectivity index (χ3v) is 33.7. The molecule has 12 aromatic rings. The number of aliphatic hydroxyl groups is 3. The van der Waals surface area contributed by atoms with Crippen LogP contribution in [0.2, 0.25) is 0 Å². The van der Waals surface area contributed by atoms with E-state index in [2.05, 4.69) is 117 Å². The summed E-state index contributed by atoms with van der Waals surface area (Å²) in [6.45, 7) is -24.3. The second kappa shape index (κ2) is 38.7. The van der Waals surface area contributed by atoms with E-state index in [-0.39, 0.29) is 84.4 Å². The third kappa shape index (κ3) is 19.4. The van der Waals surface area contributed by atoms with Gasteiger partial charge in [-0.1, -0.05) is 12.2 Å². The highest BCUT2D eigenvalue weighted by molar-refractivity contribution is 8.44. The number of ether oxygens (including phenoxy) is 6. The molecule has 744 valence electrons. The Hall–Kier alpha value is -7.32. The standard InChI is InChI=1S/3C22H27FN10O9P2S2/c3*1-8-29-19-15(20(35)30-8)28-7-33(19)22-16-9(2-34)10(40-22)3-38-43(36,45)31-13-11(4-39-44(37,46)42-16)41-21(12(13)23)32-6-27-14-17(24)25-5-26-18(14)32/h3*5-7,9-13,16,21-22,34H,2-4H2,1H3,(H,37,46)(H2,24,25,26)(H,29,30,35)(H2,31,36,45). The number of H-pyrrole nitrogens is 3. The molecule has 9 aliphatic rings. The number of nitrogens with one attached hydrogen (secondary N) is 6. The van der Waals surface area contributed by atoms with E-state index in [1.54, 1.807) is 20.8 Å². The quantitative estimate of drug-likeness (QED) is 0.0613. The molecule has 21 rings (SSSR count). The normalized spacial score (nSPS) is 37.2. The van der Waals surface area contributed by atoms with Crippen LogP contribution in [-0.2, 0) is 133 Å². The van der Waals surface area contributed by atoms with Crippen molar-refractivity contribution in [1.82, 2.24) is 132 Å². The van der Waals surface area contributed by atoms with Crippen molar-refractivity contribution in [3.63, 3.8) is 0 Å². The SMILES string of the molecule is Cc1nc2c(ncn2C2OC3COP(O)(=S)NC4C(COP(=O)(S)OC2C3CO)OC(n2cnc3c(N)ncnc32)C4F)c(=O)[nH]1.Cc1nc2c(ncn2C2OC3COP(O)(=S)NC4C(COP(O)(=S)OC2C3CO)OC(n2cnc3c(N)ncnc32)C4F)c(=O)[nH]1.Cc1nc2c(ncn2C2OC3COP(O)(=S)NC4C(COP(O)(=S)OC2C3CO)OC(n2cnc3c(N)ncnc32)C4F)c(=O)[nH]1. The van der Waals surface area contributed by atoms with Crippen LogP contribution in [0.3, 0.4) is 0 Å². The summed E-state index contributed by atoms with van der Waals surface area (Å²) < 4.78 is 159. The van der Waals surface area contributed by atoms with Crippen LogP contribution in [0.4, 0.5) is 30.6 Å². The van der Waals surface area contributed by atoms with Gasteiger partial charge in [0.15, 0.2) is 124 Å². The number of aryl methyl sites for hydroxylation is 3. The van der Waals surface area contributed by atoms with Crippen LogP contribution in [0.5, 0.6) is 0 Å². The third-order valence-electron chi connectivity index (χ3n) is 23.7. The fourth-order valence-electron chi connectivity index (χ4n) is 17.4. The van der Waals surface area contributed by atoms with Crippen LogP contribution < -0.4 is 49.1 Å². The number of halogens is 3. The number of nitrogen functional groups attached to an aromatic ring is 3. The van der Waals surface area contributed by atoms with Crippen molar-refractivity contribution in [2.24, 2.45) is 17.8 Å². The lowest BCUT2D eigenvalue weighted by atomic mass is 9.99. The number of aromatic amines is 3. The van der Waals surface area contributed by atoms with Crippen LogP contribution in [0.1, 0.15) is 54.8 Å². The molecular formula is C66H81F3N30O27P6S6. The molecule has 9 fully saturated rings. The molecule has 0 aromatic carbocycles. The number of imidazole rings is 6. The van der Waals surface area contributed by atoms with Crippen LogP contribution in [0.15, 0.2) is 71.3 Å². The zero-order valence-electron chi connectivity index (χ0n) is 70.7. The Morgan fingerprint density at radius 3 is 0.920 bits per heavy atom. The predicted molar refractivity (Wildman–Crippen MR) is 488 cm³/mol. The number of aromatic nitrogens is 24. The highest BCUT2D eigenvalue weighted by Gasteiger charge is 2.58. The highest BCUT2D eigenvalue weighted by Crippen LogP contribution is 2.61. The van der Waals surface area contributed by atoms with Gasteiger partial charge in [0.2, 0.25) is 0 Å². The molecule has 30 unspecified atom stereocenters. The maximum Gasteiger partial charge on any atom is 0.386 e. The topological polar surface area (TPSA) is 753 Å². The van der Waals surface area contributed by atoms with Crippen molar-refractivity contribution in [2.45, 2.75) is 150 Å². The van der Waals surface area contributed by atoms with Gasteiger partial charge >= 0.3 is 20.2 Å². The van der Waals surface area contributed by atoms with Gasteiger partial charge in [0.1, 0.15) is 89.6 Å². The van der Waals surface area contributed by atoms with Crippen molar-refractivity contribution >= 4 is 196 Å². The number of hydrogen-bond donors (Lipinski definition) is 18. The summed E-state index contributed by atoms with van der Waals surface area (Å²) in [6, 6.07) is -3.98. The van der Waals surface area contributed by atoms with E-state index in [1.807, 2.05) is 0 Å².